The van der Waals surface area contributed by atoms with Crippen molar-refractivity contribution in [3.63, 3.8) is 0 Å². The Labute approximate surface area is 101 Å². The molecule has 1 aromatic heterocycles. The Hall–Kier alpha value is -1.43. The van der Waals surface area contributed by atoms with Crippen molar-refractivity contribution in [2.24, 2.45) is 5.73 Å². The van der Waals surface area contributed by atoms with Crippen LogP contribution in [0.15, 0.2) is 6.33 Å². The van der Waals surface area contributed by atoms with E-state index in [1.165, 1.54) is 12.7 Å². The molecule has 0 radical (unpaired) electrons. The summed E-state index contributed by atoms with van der Waals surface area (Å²) in [7, 11) is 1.76. The molecular weight excluding hydrogens is 218 g/mol. The lowest BCUT2D eigenvalue weighted by molar-refractivity contribution is -0.137. The number of likely N-dealkylation sites (N-methyl/N-ethyl adjacent to an activating group) is 1. The molecule has 2 rings (SSSR count). The van der Waals surface area contributed by atoms with Crippen molar-refractivity contribution < 1.29 is 4.79 Å². The Morgan fingerprint density at radius 1 is 1.53 bits per heavy atom. The molecule has 1 amide bonds. The van der Waals surface area contributed by atoms with Crippen LogP contribution in [0.2, 0.25) is 0 Å². The van der Waals surface area contributed by atoms with Gasteiger partial charge < -0.3 is 10.6 Å². The lowest BCUT2D eigenvalue weighted by Gasteiger charge is -2.35. The van der Waals surface area contributed by atoms with Crippen LogP contribution in [0.25, 0.3) is 0 Å². The first-order valence-electron chi connectivity index (χ1n) is 6.00. The minimum Gasteiger partial charge on any atom is -0.337 e. The molecule has 1 fully saturated rings. The van der Waals surface area contributed by atoms with Crippen molar-refractivity contribution in [3.05, 3.63) is 12.2 Å². The third-order valence-electron chi connectivity index (χ3n) is 3.37. The maximum Gasteiger partial charge on any atom is 0.242 e. The second-order valence-electron chi connectivity index (χ2n) is 4.81. The molecule has 0 unspecified atom stereocenters. The van der Waals surface area contributed by atoms with Crippen LogP contribution in [-0.2, 0) is 11.3 Å². The molecule has 0 atom stereocenters. The molecule has 3 N–H and O–H groups in total. The molecule has 0 spiro atoms. The average molecular weight is 237 g/mol. The predicted octanol–water partition coefficient (Wildman–Crippen LogP) is 0.425. The molecule has 6 heteroatoms. The van der Waals surface area contributed by atoms with Crippen LogP contribution in [0.4, 0.5) is 0 Å². The van der Waals surface area contributed by atoms with E-state index in [0.29, 0.717) is 12.4 Å². The summed E-state index contributed by atoms with van der Waals surface area (Å²) in [5.74, 6) is 0.689. The molecule has 1 heterocycles. The van der Waals surface area contributed by atoms with Crippen molar-refractivity contribution in [2.75, 3.05) is 7.05 Å². The van der Waals surface area contributed by atoms with Crippen LogP contribution in [0.1, 0.15) is 37.9 Å². The maximum atomic E-state index is 12.3. The molecule has 0 aliphatic heterocycles. The number of nitrogens with zero attached hydrogens (tertiary/aromatic N) is 3. The summed E-state index contributed by atoms with van der Waals surface area (Å²) in [6.07, 6.45) is 6.26. The molecule has 0 saturated heterocycles. The largest absolute Gasteiger partial charge is 0.337 e. The zero-order valence-electron chi connectivity index (χ0n) is 10.1. The molecule has 0 bridgehead atoms. The van der Waals surface area contributed by atoms with E-state index in [9.17, 15) is 4.79 Å². The first-order valence-corrected chi connectivity index (χ1v) is 6.00. The van der Waals surface area contributed by atoms with Gasteiger partial charge in [0.1, 0.15) is 12.2 Å². The third kappa shape index (κ3) is 2.63. The van der Waals surface area contributed by atoms with Crippen molar-refractivity contribution >= 4 is 5.91 Å². The minimum absolute atomic E-state index is 0.00796. The number of nitrogens with one attached hydrogen (secondary N) is 1. The predicted molar refractivity (Wildman–Crippen MR) is 62.9 cm³/mol. The van der Waals surface area contributed by atoms with E-state index in [1.54, 1.807) is 11.9 Å². The third-order valence-corrected chi connectivity index (χ3v) is 3.37. The number of H-pyrrole nitrogens is 1. The minimum atomic E-state index is -0.674. The quantitative estimate of drug-likeness (QED) is 0.797. The molecule has 0 aromatic carbocycles. The summed E-state index contributed by atoms with van der Waals surface area (Å²) in [5.41, 5.74) is 5.52. The summed E-state index contributed by atoms with van der Waals surface area (Å²) in [6, 6.07) is 0. The number of nitrogens with two attached hydrogens (primary N) is 1. The first kappa shape index (κ1) is 12.0. The second kappa shape index (κ2) is 4.83. The van der Waals surface area contributed by atoms with Gasteiger partial charge in [-0.15, -0.1) is 0 Å². The Balaban J connectivity index is 1.98. The van der Waals surface area contributed by atoms with Crippen molar-refractivity contribution in [1.29, 1.82) is 0 Å². The van der Waals surface area contributed by atoms with E-state index in [-0.39, 0.29) is 5.91 Å². The van der Waals surface area contributed by atoms with Crippen LogP contribution < -0.4 is 5.73 Å². The summed E-state index contributed by atoms with van der Waals surface area (Å²) in [6.45, 7) is 0.428. The fourth-order valence-corrected chi connectivity index (χ4v) is 2.38. The molecular formula is C11H19N5O. The van der Waals surface area contributed by atoms with Gasteiger partial charge in [0.05, 0.1) is 12.1 Å². The van der Waals surface area contributed by atoms with Crippen molar-refractivity contribution in [2.45, 2.75) is 44.2 Å². The fourth-order valence-electron chi connectivity index (χ4n) is 2.38. The highest BCUT2D eigenvalue weighted by Crippen LogP contribution is 2.27. The number of carbonyl (C=O) groups is 1. The topological polar surface area (TPSA) is 87.9 Å². The van der Waals surface area contributed by atoms with Crippen LogP contribution in [-0.4, -0.2) is 38.6 Å². The van der Waals surface area contributed by atoms with Crippen LogP contribution in [0.5, 0.6) is 0 Å². The van der Waals surface area contributed by atoms with Gasteiger partial charge in [0.25, 0.3) is 0 Å². The number of amides is 1. The Bertz CT molecular complexity index is 369. The molecule has 1 aromatic rings. The Kier molecular flexibility index (Phi) is 3.42. The second-order valence-corrected chi connectivity index (χ2v) is 4.81. The highest BCUT2D eigenvalue weighted by atomic mass is 16.2. The summed E-state index contributed by atoms with van der Waals surface area (Å²) in [5, 5.41) is 6.50. The van der Waals surface area contributed by atoms with Crippen molar-refractivity contribution in [1.82, 2.24) is 20.1 Å². The average Bonchev–Trinajstić information content (AvgIpc) is 2.81. The summed E-state index contributed by atoms with van der Waals surface area (Å²) in [4.78, 5) is 17.9. The van der Waals surface area contributed by atoms with Crippen LogP contribution in [0.3, 0.4) is 0 Å². The number of hydrogen-bond donors (Lipinski definition) is 2. The number of aromatic nitrogens is 3. The van der Waals surface area contributed by atoms with Gasteiger partial charge in [0.15, 0.2) is 0 Å². The Morgan fingerprint density at radius 3 is 2.82 bits per heavy atom. The van der Waals surface area contributed by atoms with Gasteiger partial charge >= 0.3 is 0 Å². The number of carbonyl (C=O) groups excluding carboxylic acids is 1. The highest BCUT2D eigenvalue weighted by Gasteiger charge is 2.37. The van der Waals surface area contributed by atoms with E-state index in [4.69, 9.17) is 5.73 Å². The van der Waals surface area contributed by atoms with E-state index < -0.39 is 5.54 Å². The number of hydrogen-bond acceptors (Lipinski definition) is 4. The van der Waals surface area contributed by atoms with E-state index in [1.807, 2.05) is 0 Å². The zero-order valence-corrected chi connectivity index (χ0v) is 10.1. The van der Waals surface area contributed by atoms with Gasteiger partial charge in [0.2, 0.25) is 5.91 Å². The molecule has 1 saturated carbocycles. The summed E-state index contributed by atoms with van der Waals surface area (Å²) >= 11 is 0. The van der Waals surface area contributed by atoms with Crippen LogP contribution >= 0.6 is 0 Å². The molecule has 1 aliphatic carbocycles. The lowest BCUT2D eigenvalue weighted by Crippen LogP contribution is -2.55. The number of aromatic amines is 1. The normalized spacial score (nSPS) is 18.9. The monoisotopic (exact) mass is 237 g/mol. The maximum absolute atomic E-state index is 12.3. The Morgan fingerprint density at radius 2 is 2.24 bits per heavy atom. The van der Waals surface area contributed by atoms with E-state index in [0.717, 1.165) is 25.7 Å². The number of rotatable bonds is 3. The first-order chi connectivity index (χ1) is 8.12. The highest BCUT2D eigenvalue weighted by molar-refractivity contribution is 5.85. The van der Waals surface area contributed by atoms with Crippen LogP contribution in [0, 0.1) is 0 Å². The zero-order chi connectivity index (χ0) is 12.3. The van der Waals surface area contributed by atoms with E-state index in [2.05, 4.69) is 15.2 Å². The molecule has 94 valence electrons. The lowest BCUT2D eigenvalue weighted by atomic mass is 9.81. The van der Waals surface area contributed by atoms with Gasteiger partial charge in [0, 0.05) is 7.05 Å². The van der Waals surface area contributed by atoms with Gasteiger partial charge in [-0.2, -0.15) is 5.10 Å². The fraction of sp³-hybridized carbons (Fsp3) is 0.727. The molecule has 1 aliphatic rings. The smallest absolute Gasteiger partial charge is 0.242 e. The van der Waals surface area contributed by atoms with Crippen molar-refractivity contribution in [3.8, 4) is 0 Å². The van der Waals surface area contributed by atoms with Gasteiger partial charge in [-0.3, -0.25) is 9.89 Å². The van der Waals surface area contributed by atoms with Gasteiger partial charge in [-0.05, 0) is 12.8 Å². The molecule has 17 heavy (non-hydrogen) atoms. The van der Waals surface area contributed by atoms with Gasteiger partial charge in [-0.25, -0.2) is 4.98 Å². The summed E-state index contributed by atoms with van der Waals surface area (Å²) < 4.78 is 0. The standard InChI is InChI=1S/C11H19N5O/c1-16(7-9-13-8-14-15-9)10(17)11(12)5-3-2-4-6-11/h8H,2-7,12H2,1H3,(H,13,14,15). The van der Waals surface area contributed by atoms with Gasteiger partial charge in [-0.1, -0.05) is 19.3 Å². The SMILES string of the molecule is CN(Cc1ncn[nH]1)C(=O)C1(N)CCCCC1. The molecule has 6 nitrogen and oxygen atoms in total. The van der Waals surface area contributed by atoms with E-state index >= 15 is 0 Å².